The van der Waals surface area contributed by atoms with Gasteiger partial charge >= 0.3 is 0 Å². The number of piperazine rings is 1. The highest BCUT2D eigenvalue weighted by molar-refractivity contribution is 9.10. The number of hydrogen-bond donors (Lipinski definition) is 1. The summed E-state index contributed by atoms with van der Waals surface area (Å²) in [6.07, 6.45) is 0. The molecular formula is C12H16BrFN2. The molecule has 1 atom stereocenters. The van der Waals surface area contributed by atoms with E-state index in [1.54, 1.807) is 6.07 Å². The SMILES string of the molecule is Cc1cc(Br)c(F)cc1N1CCNC(C)C1. The van der Waals surface area contributed by atoms with E-state index < -0.39 is 0 Å². The summed E-state index contributed by atoms with van der Waals surface area (Å²) in [5.41, 5.74) is 2.12. The Morgan fingerprint density at radius 2 is 2.25 bits per heavy atom. The summed E-state index contributed by atoms with van der Waals surface area (Å²) in [4.78, 5) is 2.24. The highest BCUT2D eigenvalue weighted by Gasteiger charge is 2.18. The first-order chi connectivity index (χ1) is 7.58. The fourth-order valence-corrected chi connectivity index (χ4v) is 2.59. The van der Waals surface area contributed by atoms with Gasteiger partial charge in [0.2, 0.25) is 0 Å². The van der Waals surface area contributed by atoms with E-state index >= 15 is 0 Å². The Hall–Kier alpha value is -0.610. The van der Waals surface area contributed by atoms with Gasteiger partial charge in [0.25, 0.3) is 0 Å². The highest BCUT2D eigenvalue weighted by Crippen LogP contribution is 2.27. The normalized spacial score (nSPS) is 21.2. The van der Waals surface area contributed by atoms with E-state index in [2.05, 4.69) is 33.1 Å². The average Bonchev–Trinajstić information content (AvgIpc) is 2.23. The van der Waals surface area contributed by atoms with Gasteiger partial charge < -0.3 is 10.2 Å². The fourth-order valence-electron chi connectivity index (χ4n) is 2.13. The van der Waals surface area contributed by atoms with Gasteiger partial charge in [-0.25, -0.2) is 4.39 Å². The zero-order valence-electron chi connectivity index (χ0n) is 9.56. The van der Waals surface area contributed by atoms with Crippen molar-refractivity contribution in [2.45, 2.75) is 19.9 Å². The zero-order chi connectivity index (χ0) is 11.7. The van der Waals surface area contributed by atoms with Gasteiger partial charge in [0.15, 0.2) is 0 Å². The fraction of sp³-hybridized carbons (Fsp3) is 0.500. The predicted octanol–water partition coefficient (Wildman–Crippen LogP) is 2.69. The Morgan fingerprint density at radius 1 is 1.50 bits per heavy atom. The number of nitrogens with one attached hydrogen (secondary N) is 1. The van der Waals surface area contributed by atoms with Gasteiger partial charge in [-0.05, 0) is 47.5 Å². The molecule has 0 saturated carbocycles. The van der Waals surface area contributed by atoms with Gasteiger partial charge in [-0.1, -0.05) is 0 Å². The third-order valence-corrected chi connectivity index (χ3v) is 3.56. The van der Waals surface area contributed by atoms with Crippen LogP contribution in [0.5, 0.6) is 0 Å². The lowest BCUT2D eigenvalue weighted by Crippen LogP contribution is -2.49. The maximum absolute atomic E-state index is 13.5. The molecule has 1 saturated heterocycles. The summed E-state index contributed by atoms with van der Waals surface area (Å²) < 4.78 is 14.1. The summed E-state index contributed by atoms with van der Waals surface area (Å²) in [5.74, 6) is -0.188. The lowest BCUT2D eigenvalue weighted by atomic mass is 10.1. The quantitative estimate of drug-likeness (QED) is 0.854. The number of aryl methyl sites for hydroxylation is 1. The number of anilines is 1. The largest absolute Gasteiger partial charge is 0.368 e. The molecule has 4 heteroatoms. The Labute approximate surface area is 104 Å². The van der Waals surface area contributed by atoms with Crippen LogP contribution < -0.4 is 10.2 Å². The molecule has 1 N–H and O–H groups in total. The molecule has 1 aromatic carbocycles. The van der Waals surface area contributed by atoms with E-state index in [4.69, 9.17) is 0 Å². The third-order valence-electron chi connectivity index (χ3n) is 2.95. The van der Waals surface area contributed by atoms with Crippen LogP contribution in [0, 0.1) is 12.7 Å². The predicted molar refractivity (Wildman–Crippen MR) is 68.5 cm³/mol. The molecule has 0 aliphatic carbocycles. The molecule has 1 aliphatic heterocycles. The number of nitrogens with zero attached hydrogens (tertiary/aromatic N) is 1. The summed E-state index contributed by atoms with van der Waals surface area (Å²) in [5, 5.41) is 3.38. The molecule has 0 amide bonds. The molecule has 1 aliphatic rings. The van der Waals surface area contributed by atoms with Crippen molar-refractivity contribution in [3.63, 3.8) is 0 Å². The monoisotopic (exact) mass is 286 g/mol. The summed E-state index contributed by atoms with van der Waals surface area (Å²) in [7, 11) is 0. The molecule has 0 radical (unpaired) electrons. The second-order valence-corrected chi connectivity index (χ2v) is 5.21. The molecular weight excluding hydrogens is 271 g/mol. The smallest absolute Gasteiger partial charge is 0.139 e. The van der Waals surface area contributed by atoms with Crippen molar-refractivity contribution in [2.75, 3.05) is 24.5 Å². The lowest BCUT2D eigenvalue weighted by molar-refractivity contribution is 0.483. The Bertz CT molecular complexity index is 395. The van der Waals surface area contributed by atoms with Crippen molar-refractivity contribution in [3.8, 4) is 0 Å². The topological polar surface area (TPSA) is 15.3 Å². The minimum absolute atomic E-state index is 0.188. The van der Waals surface area contributed by atoms with E-state index in [1.807, 2.05) is 13.0 Å². The first-order valence-corrected chi connectivity index (χ1v) is 6.31. The maximum Gasteiger partial charge on any atom is 0.139 e. The molecule has 1 fully saturated rings. The van der Waals surface area contributed by atoms with Crippen LogP contribution in [0.3, 0.4) is 0 Å². The first kappa shape index (κ1) is 11.9. The van der Waals surface area contributed by atoms with Crippen molar-refractivity contribution < 1.29 is 4.39 Å². The molecule has 1 heterocycles. The van der Waals surface area contributed by atoms with Crippen molar-refractivity contribution in [1.82, 2.24) is 5.32 Å². The lowest BCUT2D eigenvalue weighted by Gasteiger charge is -2.34. The average molecular weight is 287 g/mol. The Balaban J connectivity index is 2.29. The van der Waals surface area contributed by atoms with Crippen molar-refractivity contribution in [1.29, 1.82) is 0 Å². The molecule has 1 unspecified atom stereocenters. The molecule has 88 valence electrons. The van der Waals surface area contributed by atoms with Gasteiger partial charge in [0, 0.05) is 31.4 Å². The van der Waals surface area contributed by atoms with Gasteiger partial charge in [-0.3, -0.25) is 0 Å². The highest BCUT2D eigenvalue weighted by atomic mass is 79.9. The van der Waals surface area contributed by atoms with E-state index in [9.17, 15) is 4.39 Å². The van der Waals surface area contributed by atoms with Crippen LogP contribution in [0.25, 0.3) is 0 Å². The van der Waals surface area contributed by atoms with Gasteiger partial charge in [0.1, 0.15) is 5.82 Å². The van der Waals surface area contributed by atoms with Gasteiger partial charge in [-0.2, -0.15) is 0 Å². The van der Waals surface area contributed by atoms with E-state index in [1.165, 1.54) is 0 Å². The minimum atomic E-state index is -0.188. The second-order valence-electron chi connectivity index (χ2n) is 4.35. The summed E-state index contributed by atoms with van der Waals surface area (Å²) >= 11 is 3.21. The van der Waals surface area contributed by atoms with Crippen LogP contribution in [0.4, 0.5) is 10.1 Å². The summed E-state index contributed by atoms with van der Waals surface area (Å²) in [6.45, 7) is 7.00. The number of benzene rings is 1. The van der Waals surface area contributed by atoms with E-state index in [0.717, 1.165) is 30.9 Å². The van der Waals surface area contributed by atoms with E-state index in [0.29, 0.717) is 10.5 Å². The summed E-state index contributed by atoms with van der Waals surface area (Å²) in [6, 6.07) is 3.93. The maximum atomic E-state index is 13.5. The van der Waals surface area contributed by atoms with Crippen molar-refractivity contribution >= 4 is 21.6 Å². The van der Waals surface area contributed by atoms with Crippen LogP contribution in [0.2, 0.25) is 0 Å². The zero-order valence-corrected chi connectivity index (χ0v) is 11.1. The van der Waals surface area contributed by atoms with Crippen LogP contribution in [0.1, 0.15) is 12.5 Å². The van der Waals surface area contributed by atoms with Crippen LogP contribution in [0.15, 0.2) is 16.6 Å². The standard InChI is InChI=1S/C12H16BrFN2/c1-8-5-10(13)11(14)6-12(8)16-4-3-15-9(2)7-16/h5-6,9,15H,3-4,7H2,1-2H3. The third kappa shape index (κ3) is 2.38. The minimum Gasteiger partial charge on any atom is -0.368 e. The molecule has 0 spiro atoms. The van der Waals surface area contributed by atoms with Crippen LogP contribution in [-0.4, -0.2) is 25.7 Å². The second kappa shape index (κ2) is 4.72. The van der Waals surface area contributed by atoms with E-state index in [-0.39, 0.29) is 5.82 Å². The van der Waals surface area contributed by atoms with Crippen LogP contribution in [-0.2, 0) is 0 Å². The molecule has 0 aromatic heterocycles. The first-order valence-electron chi connectivity index (χ1n) is 5.52. The van der Waals surface area contributed by atoms with Gasteiger partial charge in [0.05, 0.1) is 4.47 Å². The molecule has 16 heavy (non-hydrogen) atoms. The molecule has 2 nitrogen and oxygen atoms in total. The van der Waals surface area contributed by atoms with Crippen LogP contribution >= 0.6 is 15.9 Å². The Morgan fingerprint density at radius 3 is 2.94 bits per heavy atom. The number of halogens is 2. The Kier molecular flexibility index (Phi) is 3.50. The molecule has 2 rings (SSSR count). The van der Waals surface area contributed by atoms with Gasteiger partial charge in [-0.15, -0.1) is 0 Å². The number of rotatable bonds is 1. The number of hydrogen-bond acceptors (Lipinski definition) is 2. The molecule has 1 aromatic rings. The molecule has 0 bridgehead atoms. The van der Waals surface area contributed by atoms with Crippen molar-refractivity contribution in [2.24, 2.45) is 0 Å². The van der Waals surface area contributed by atoms with Crippen molar-refractivity contribution in [3.05, 3.63) is 28.0 Å².